The SMILES string of the molecule is CNC(=O)N1CC2C=CC(C1=O)c1ccccc12. The van der Waals surface area contributed by atoms with Crippen LogP contribution in [0.1, 0.15) is 23.0 Å². The second-order valence-electron chi connectivity index (χ2n) is 4.60. The molecule has 0 fully saturated rings. The molecule has 2 unspecified atom stereocenters. The summed E-state index contributed by atoms with van der Waals surface area (Å²) in [4.78, 5) is 25.5. The van der Waals surface area contributed by atoms with Gasteiger partial charge in [-0.2, -0.15) is 0 Å². The Morgan fingerprint density at radius 3 is 2.72 bits per heavy atom. The van der Waals surface area contributed by atoms with Crippen molar-refractivity contribution in [2.75, 3.05) is 13.6 Å². The summed E-state index contributed by atoms with van der Waals surface area (Å²) in [6.07, 6.45) is 3.95. The Morgan fingerprint density at radius 1 is 1.28 bits per heavy atom. The first-order chi connectivity index (χ1) is 8.72. The highest BCUT2D eigenvalue weighted by Gasteiger charge is 2.38. The number of imide groups is 1. The molecule has 1 aromatic rings. The summed E-state index contributed by atoms with van der Waals surface area (Å²) in [5.41, 5.74) is 2.19. The van der Waals surface area contributed by atoms with E-state index in [2.05, 4.69) is 5.32 Å². The monoisotopic (exact) mass is 242 g/mol. The van der Waals surface area contributed by atoms with Gasteiger partial charge in [0.15, 0.2) is 0 Å². The molecule has 1 N–H and O–H groups in total. The molecule has 0 saturated heterocycles. The van der Waals surface area contributed by atoms with E-state index in [1.54, 1.807) is 7.05 Å². The Kier molecular flexibility index (Phi) is 2.44. The normalized spacial score (nSPS) is 24.7. The first-order valence-electron chi connectivity index (χ1n) is 6.02. The van der Waals surface area contributed by atoms with Crippen molar-refractivity contribution in [3.05, 3.63) is 47.5 Å². The Morgan fingerprint density at radius 2 is 2.00 bits per heavy atom. The van der Waals surface area contributed by atoms with Gasteiger partial charge in [0.05, 0.1) is 5.92 Å². The number of carbonyl (C=O) groups is 2. The molecule has 4 rings (SSSR count). The summed E-state index contributed by atoms with van der Waals surface area (Å²) in [5, 5.41) is 2.53. The van der Waals surface area contributed by atoms with E-state index in [0.29, 0.717) is 6.54 Å². The van der Waals surface area contributed by atoms with Crippen molar-refractivity contribution in [1.29, 1.82) is 0 Å². The number of carbonyl (C=O) groups excluding carboxylic acids is 2. The minimum atomic E-state index is -0.327. The minimum Gasteiger partial charge on any atom is -0.341 e. The van der Waals surface area contributed by atoms with Crippen LogP contribution in [-0.2, 0) is 4.79 Å². The predicted octanol–water partition coefficient (Wildman–Crippen LogP) is 1.61. The Hall–Kier alpha value is -2.10. The molecule has 92 valence electrons. The van der Waals surface area contributed by atoms with Gasteiger partial charge in [0.25, 0.3) is 0 Å². The number of rotatable bonds is 0. The maximum atomic E-state index is 12.4. The van der Waals surface area contributed by atoms with Gasteiger partial charge in [0.2, 0.25) is 5.91 Å². The van der Waals surface area contributed by atoms with Crippen LogP contribution in [0.15, 0.2) is 36.4 Å². The lowest BCUT2D eigenvalue weighted by molar-refractivity contribution is -0.128. The number of hydrogen-bond acceptors (Lipinski definition) is 2. The number of nitrogens with zero attached hydrogens (tertiary/aromatic N) is 1. The lowest BCUT2D eigenvalue weighted by Gasteiger charge is -2.20. The molecule has 18 heavy (non-hydrogen) atoms. The highest BCUT2D eigenvalue weighted by atomic mass is 16.2. The molecule has 4 heteroatoms. The number of benzene rings is 1. The van der Waals surface area contributed by atoms with Gasteiger partial charge in [-0.1, -0.05) is 36.4 Å². The quantitative estimate of drug-likeness (QED) is 0.703. The molecule has 2 heterocycles. The molecule has 2 bridgehead atoms. The summed E-state index contributed by atoms with van der Waals surface area (Å²) in [6.45, 7) is 0.419. The van der Waals surface area contributed by atoms with Gasteiger partial charge in [-0.3, -0.25) is 9.69 Å². The molecule has 0 aromatic heterocycles. The third-order valence-electron chi connectivity index (χ3n) is 3.64. The van der Waals surface area contributed by atoms with Crippen LogP contribution >= 0.6 is 0 Å². The second kappa shape index (κ2) is 3.98. The van der Waals surface area contributed by atoms with Crippen molar-refractivity contribution in [1.82, 2.24) is 10.2 Å². The molecule has 1 aromatic carbocycles. The number of fused-ring (bicyclic) bond motifs is 2. The highest BCUT2D eigenvalue weighted by Crippen LogP contribution is 2.38. The van der Waals surface area contributed by atoms with Crippen molar-refractivity contribution in [3.8, 4) is 0 Å². The van der Waals surface area contributed by atoms with Crippen molar-refractivity contribution in [3.63, 3.8) is 0 Å². The summed E-state index contributed by atoms with van der Waals surface area (Å²) in [5.74, 6) is -0.350. The van der Waals surface area contributed by atoms with Crippen LogP contribution in [0.3, 0.4) is 0 Å². The van der Waals surface area contributed by atoms with E-state index >= 15 is 0 Å². The Balaban J connectivity index is 2.08. The topological polar surface area (TPSA) is 49.4 Å². The largest absolute Gasteiger partial charge is 0.341 e. The first-order valence-corrected chi connectivity index (χ1v) is 6.02. The summed E-state index contributed by atoms with van der Waals surface area (Å²) in [6, 6.07) is 7.60. The van der Waals surface area contributed by atoms with Crippen LogP contribution in [0, 0.1) is 0 Å². The highest BCUT2D eigenvalue weighted by molar-refractivity contribution is 6.00. The number of nitrogens with one attached hydrogen (secondary N) is 1. The van der Waals surface area contributed by atoms with Crippen molar-refractivity contribution < 1.29 is 9.59 Å². The number of amides is 3. The maximum absolute atomic E-state index is 12.4. The van der Waals surface area contributed by atoms with Gasteiger partial charge in [0, 0.05) is 19.5 Å². The zero-order chi connectivity index (χ0) is 12.7. The van der Waals surface area contributed by atoms with Crippen LogP contribution < -0.4 is 5.32 Å². The molecule has 0 radical (unpaired) electrons. The second-order valence-corrected chi connectivity index (χ2v) is 4.60. The van der Waals surface area contributed by atoms with E-state index in [4.69, 9.17) is 0 Å². The Labute approximate surface area is 105 Å². The van der Waals surface area contributed by atoms with E-state index in [0.717, 1.165) is 11.1 Å². The zero-order valence-electron chi connectivity index (χ0n) is 10.1. The summed E-state index contributed by atoms with van der Waals surface area (Å²) < 4.78 is 0. The van der Waals surface area contributed by atoms with E-state index in [1.807, 2.05) is 36.4 Å². The molecule has 2 aliphatic heterocycles. The van der Waals surface area contributed by atoms with Crippen LogP contribution in [0.2, 0.25) is 0 Å². The standard InChI is InChI=1S/C14H14N2O2/c1-15-14(18)16-8-9-6-7-12(13(16)17)11-5-3-2-4-10(9)11/h2-7,9,12H,8H2,1H3,(H,15,18). The van der Waals surface area contributed by atoms with E-state index in [9.17, 15) is 9.59 Å². The van der Waals surface area contributed by atoms with Gasteiger partial charge in [0.1, 0.15) is 0 Å². The van der Waals surface area contributed by atoms with Crippen molar-refractivity contribution >= 4 is 11.9 Å². The number of urea groups is 1. The average Bonchev–Trinajstić information content (AvgIpc) is 2.65. The minimum absolute atomic E-state index is 0.112. The fourth-order valence-electron chi connectivity index (χ4n) is 2.73. The van der Waals surface area contributed by atoms with Crippen molar-refractivity contribution in [2.24, 2.45) is 0 Å². The summed E-state index contributed by atoms with van der Waals surface area (Å²) in [7, 11) is 1.54. The van der Waals surface area contributed by atoms with Gasteiger partial charge in [-0.25, -0.2) is 4.79 Å². The predicted molar refractivity (Wildman–Crippen MR) is 67.2 cm³/mol. The third kappa shape index (κ3) is 1.45. The van der Waals surface area contributed by atoms with Crippen LogP contribution in [0.4, 0.5) is 4.79 Å². The van der Waals surface area contributed by atoms with Crippen LogP contribution in [-0.4, -0.2) is 30.4 Å². The van der Waals surface area contributed by atoms with E-state index in [-0.39, 0.29) is 23.8 Å². The van der Waals surface area contributed by atoms with Gasteiger partial charge >= 0.3 is 6.03 Å². The molecule has 0 saturated carbocycles. The molecule has 4 nitrogen and oxygen atoms in total. The van der Waals surface area contributed by atoms with Gasteiger partial charge in [-0.15, -0.1) is 0 Å². The third-order valence-corrected chi connectivity index (χ3v) is 3.64. The molecule has 0 spiro atoms. The first kappa shape index (κ1) is 11.0. The smallest absolute Gasteiger partial charge is 0.323 e. The average molecular weight is 242 g/mol. The molecular weight excluding hydrogens is 228 g/mol. The van der Waals surface area contributed by atoms with Gasteiger partial charge in [-0.05, 0) is 11.1 Å². The van der Waals surface area contributed by atoms with Crippen LogP contribution in [0.5, 0.6) is 0 Å². The lowest BCUT2D eigenvalue weighted by atomic mass is 9.83. The Bertz CT molecular complexity index is 550. The molecular formula is C14H14N2O2. The zero-order valence-corrected chi connectivity index (χ0v) is 10.1. The lowest BCUT2D eigenvalue weighted by Crippen LogP contribution is -2.44. The molecule has 3 aliphatic rings. The van der Waals surface area contributed by atoms with E-state index in [1.165, 1.54) is 4.90 Å². The maximum Gasteiger partial charge on any atom is 0.323 e. The molecule has 3 amide bonds. The van der Waals surface area contributed by atoms with Crippen molar-refractivity contribution in [2.45, 2.75) is 11.8 Å². The fourth-order valence-corrected chi connectivity index (χ4v) is 2.73. The van der Waals surface area contributed by atoms with E-state index < -0.39 is 0 Å². The molecule has 2 atom stereocenters. The summed E-state index contributed by atoms with van der Waals surface area (Å²) >= 11 is 0. The molecule has 1 aliphatic carbocycles. The van der Waals surface area contributed by atoms with Crippen LogP contribution in [0.25, 0.3) is 0 Å². The fraction of sp³-hybridized carbons (Fsp3) is 0.286. The van der Waals surface area contributed by atoms with Gasteiger partial charge < -0.3 is 5.32 Å². The number of hydrogen-bond donors (Lipinski definition) is 1.